The Morgan fingerprint density at radius 1 is 1.38 bits per heavy atom. The van der Waals surface area contributed by atoms with Gasteiger partial charge in [-0.25, -0.2) is 0 Å². The van der Waals surface area contributed by atoms with E-state index in [1.54, 1.807) is 31.2 Å². The van der Waals surface area contributed by atoms with E-state index in [4.69, 9.17) is 16.3 Å². The van der Waals surface area contributed by atoms with Gasteiger partial charge in [0, 0.05) is 19.2 Å². The molecule has 116 valence electrons. The Balaban J connectivity index is 1.99. The summed E-state index contributed by atoms with van der Waals surface area (Å²) in [5.41, 5.74) is 0.921. The summed E-state index contributed by atoms with van der Waals surface area (Å²) in [6.07, 6.45) is 2.11. The summed E-state index contributed by atoms with van der Waals surface area (Å²) in [5.74, 6) is -0.00174. The number of rotatable bonds is 4. The number of methoxy groups -OCH3 is 1. The molecule has 3 atom stereocenters. The number of amides is 1. The maximum Gasteiger partial charge on any atom is 0.227 e. The van der Waals surface area contributed by atoms with Crippen LogP contribution in [0.2, 0.25) is 5.02 Å². The molecule has 5 heteroatoms. The average molecular weight is 312 g/mol. The molecule has 1 N–H and O–H groups in total. The number of aliphatic hydroxyl groups is 1. The fraction of sp³-hybridized carbons (Fsp3) is 0.562. The first-order chi connectivity index (χ1) is 10.0. The molecule has 2 rings (SSSR count). The van der Waals surface area contributed by atoms with Gasteiger partial charge in [-0.3, -0.25) is 4.79 Å². The predicted molar refractivity (Wildman–Crippen MR) is 82.4 cm³/mol. The standard InChI is InChI=1S/C16H22ClNO3/c1-18(13-4-3-5-14(21-2)16(13)20)15(19)10-11-6-8-12(17)9-7-11/h6-9,13-14,16,20H,3-5,10H2,1-2H3/t13-,14-,16-/m1/s1. The highest BCUT2D eigenvalue weighted by Gasteiger charge is 2.35. The van der Waals surface area contributed by atoms with Gasteiger partial charge in [0.05, 0.1) is 18.6 Å². The summed E-state index contributed by atoms with van der Waals surface area (Å²) in [5, 5.41) is 11.0. The van der Waals surface area contributed by atoms with Crippen molar-refractivity contribution < 1.29 is 14.6 Å². The Bertz CT molecular complexity index is 477. The Morgan fingerprint density at radius 2 is 2.05 bits per heavy atom. The number of benzene rings is 1. The van der Waals surface area contributed by atoms with Crippen molar-refractivity contribution in [1.29, 1.82) is 0 Å². The zero-order valence-electron chi connectivity index (χ0n) is 12.5. The highest BCUT2D eigenvalue weighted by Crippen LogP contribution is 2.25. The number of likely N-dealkylation sites (N-methyl/N-ethyl adjacent to an activating group) is 1. The summed E-state index contributed by atoms with van der Waals surface area (Å²) < 4.78 is 5.29. The van der Waals surface area contributed by atoms with E-state index in [1.807, 2.05) is 12.1 Å². The molecule has 0 radical (unpaired) electrons. The van der Waals surface area contributed by atoms with Crippen LogP contribution in [-0.4, -0.2) is 48.3 Å². The second kappa shape index (κ2) is 7.25. The van der Waals surface area contributed by atoms with Crippen molar-refractivity contribution in [2.75, 3.05) is 14.2 Å². The van der Waals surface area contributed by atoms with Crippen LogP contribution in [0.15, 0.2) is 24.3 Å². The third-order valence-electron chi connectivity index (χ3n) is 4.23. The quantitative estimate of drug-likeness (QED) is 0.928. The maximum absolute atomic E-state index is 12.4. The number of aliphatic hydroxyl groups excluding tert-OH is 1. The molecule has 0 unspecified atom stereocenters. The fourth-order valence-electron chi connectivity index (χ4n) is 2.88. The van der Waals surface area contributed by atoms with Gasteiger partial charge in [0.25, 0.3) is 0 Å². The maximum atomic E-state index is 12.4. The molecular weight excluding hydrogens is 290 g/mol. The van der Waals surface area contributed by atoms with Gasteiger partial charge in [-0.2, -0.15) is 0 Å². The van der Waals surface area contributed by atoms with Crippen LogP contribution in [0.25, 0.3) is 0 Å². The van der Waals surface area contributed by atoms with Gasteiger partial charge in [0.2, 0.25) is 5.91 Å². The van der Waals surface area contributed by atoms with E-state index >= 15 is 0 Å². The Labute approximate surface area is 130 Å². The van der Waals surface area contributed by atoms with Gasteiger partial charge < -0.3 is 14.7 Å². The van der Waals surface area contributed by atoms with Gasteiger partial charge in [0.1, 0.15) is 6.10 Å². The number of hydrogen-bond acceptors (Lipinski definition) is 3. The molecule has 1 aromatic rings. The molecule has 0 saturated heterocycles. The van der Waals surface area contributed by atoms with Crippen LogP contribution >= 0.6 is 11.6 Å². The van der Waals surface area contributed by atoms with Crippen LogP contribution in [-0.2, 0) is 16.0 Å². The molecule has 4 nitrogen and oxygen atoms in total. The first kappa shape index (κ1) is 16.3. The summed E-state index contributed by atoms with van der Waals surface area (Å²) in [4.78, 5) is 14.0. The largest absolute Gasteiger partial charge is 0.388 e. The van der Waals surface area contributed by atoms with Crippen LogP contribution in [0, 0.1) is 0 Å². The van der Waals surface area contributed by atoms with Crippen molar-refractivity contribution in [2.24, 2.45) is 0 Å². The van der Waals surface area contributed by atoms with Crippen molar-refractivity contribution in [3.8, 4) is 0 Å². The van der Waals surface area contributed by atoms with E-state index in [0.717, 1.165) is 24.8 Å². The van der Waals surface area contributed by atoms with Gasteiger partial charge >= 0.3 is 0 Å². The molecule has 0 aliphatic heterocycles. The second-order valence-corrected chi connectivity index (χ2v) is 6.01. The lowest BCUT2D eigenvalue weighted by Crippen LogP contribution is -2.52. The van der Waals surface area contributed by atoms with E-state index in [2.05, 4.69) is 0 Å². The average Bonchev–Trinajstić information content (AvgIpc) is 2.49. The number of halogens is 1. The first-order valence-corrected chi connectivity index (χ1v) is 7.61. The predicted octanol–water partition coefficient (Wildman–Crippen LogP) is 2.27. The fourth-order valence-corrected chi connectivity index (χ4v) is 3.01. The van der Waals surface area contributed by atoms with E-state index in [-0.39, 0.29) is 18.1 Å². The van der Waals surface area contributed by atoms with Gasteiger partial charge in [-0.05, 0) is 37.0 Å². The Hall–Kier alpha value is -1.10. The van der Waals surface area contributed by atoms with Crippen LogP contribution in [0.3, 0.4) is 0 Å². The molecule has 21 heavy (non-hydrogen) atoms. The summed E-state index contributed by atoms with van der Waals surface area (Å²) >= 11 is 5.84. The molecule has 1 aliphatic rings. The normalized spacial score (nSPS) is 25.6. The Morgan fingerprint density at radius 3 is 2.67 bits per heavy atom. The van der Waals surface area contributed by atoms with Crippen molar-refractivity contribution in [3.63, 3.8) is 0 Å². The zero-order chi connectivity index (χ0) is 15.4. The highest BCUT2D eigenvalue weighted by molar-refractivity contribution is 6.30. The van der Waals surface area contributed by atoms with Gasteiger partial charge in [0.15, 0.2) is 0 Å². The van der Waals surface area contributed by atoms with Crippen molar-refractivity contribution in [1.82, 2.24) is 4.90 Å². The number of carbonyl (C=O) groups is 1. The lowest BCUT2D eigenvalue weighted by atomic mass is 9.88. The molecule has 0 spiro atoms. The molecule has 1 aliphatic carbocycles. The van der Waals surface area contributed by atoms with Crippen LogP contribution in [0.5, 0.6) is 0 Å². The number of nitrogens with zero attached hydrogens (tertiary/aromatic N) is 1. The van der Waals surface area contributed by atoms with Crippen LogP contribution < -0.4 is 0 Å². The molecule has 0 heterocycles. The van der Waals surface area contributed by atoms with Crippen molar-refractivity contribution in [3.05, 3.63) is 34.9 Å². The van der Waals surface area contributed by atoms with E-state index in [9.17, 15) is 9.90 Å². The van der Waals surface area contributed by atoms with E-state index in [1.165, 1.54) is 0 Å². The minimum absolute atomic E-state index is 0.00174. The van der Waals surface area contributed by atoms with Crippen LogP contribution in [0.1, 0.15) is 24.8 Å². The molecule has 1 amide bonds. The molecule has 0 aromatic heterocycles. The minimum atomic E-state index is -0.622. The van der Waals surface area contributed by atoms with Crippen molar-refractivity contribution in [2.45, 2.75) is 43.9 Å². The summed E-state index contributed by atoms with van der Waals surface area (Å²) in [7, 11) is 3.36. The summed E-state index contributed by atoms with van der Waals surface area (Å²) in [6, 6.07) is 7.08. The monoisotopic (exact) mass is 311 g/mol. The van der Waals surface area contributed by atoms with Crippen LogP contribution in [0.4, 0.5) is 0 Å². The van der Waals surface area contributed by atoms with Gasteiger partial charge in [-0.15, -0.1) is 0 Å². The minimum Gasteiger partial charge on any atom is -0.388 e. The molecule has 1 fully saturated rings. The zero-order valence-corrected chi connectivity index (χ0v) is 13.2. The molecule has 1 saturated carbocycles. The van der Waals surface area contributed by atoms with Crippen molar-refractivity contribution >= 4 is 17.5 Å². The van der Waals surface area contributed by atoms with Gasteiger partial charge in [-0.1, -0.05) is 23.7 Å². The topological polar surface area (TPSA) is 49.8 Å². The summed E-state index contributed by atoms with van der Waals surface area (Å²) in [6.45, 7) is 0. The first-order valence-electron chi connectivity index (χ1n) is 7.24. The smallest absolute Gasteiger partial charge is 0.227 e. The SMILES string of the molecule is CO[C@@H]1CCC[C@@H](N(C)C(=O)Cc2ccc(Cl)cc2)[C@H]1O. The third kappa shape index (κ3) is 3.96. The molecular formula is C16H22ClNO3. The number of ether oxygens (including phenoxy) is 1. The highest BCUT2D eigenvalue weighted by atomic mass is 35.5. The number of hydrogen-bond donors (Lipinski definition) is 1. The molecule has 0 bridgehead atoms. The number of carbonyl (C=O) groups excluding carboxylic acids is 1. The van der Waals surface area contributed by atoms with E-state index in [0.29, 0.717) is 11.4 Å². The lowest BCUT2D eigenvalue weighted by Gasteiger charge is -2.39. The van der Waals surface area contributed by atoms with E-state index < -0.39 is 6.10 Å². The molecule has 1 aromatic carbocycles. The Kier molecular flexibility index (Phi) is 5.62. The lowest BCUT2D eigenvalue weighted by molar-refractivity contribution is -0.139. The second-order valence-electron chi connectivity index (χ2n) is 5.57. The third-order valence-corrected chi connectivity index (χ3v) is 4.48.